The van der Waals surface area contributed by atoms with Gasteiger partial charge in [-0.25, -0.2) is 0 Å². The highest BCUT2D eigenvalue weighted by Gasteiger charge is 2.49. The molecule has 1 aromatic rings. The van der Waals surface area contributed by atoms with Gasteiger partial charge in [-0.1, -0.05) is 22.0 Å². The fourth-order valence-corrected chi connectivity index (χ4v) is 3.38. The highest BCUT2D eigenvalue weighted by atomic mass is 79.9. The predicted octanol–water partition coefficient (Wildman–Crippen LogP) is 4.53. The fourth-order valence-electron chi connectivity index (χ4n) is 3.02. The molecule has 19 heavy (non-hydrogen) atoms. The molecule has 0 saturated carbocycles. The van der Waals surface area contributed by atoms with Crippen LogP contribution in [0.4, 0.5) is 0 Å². The number of carbonyl (C=O) groups is 1. The SMILES string of the molecule is Cc1ccc(Br)cc1C(=O)C1CC(C)(C)OC1(C)C. The first-order valence-corrected chi connectivity index (χ1v) is 7.42. The van der Waals surface area contributed by atoms with Gasteiger partial charge in [0.25, 0.3) is 0 Å². The van der Waals surface area contributed by atoms with Gasteiger partial charge in [0.15, 0.2) is 5.78 Å². The van der Waals surface area contributed by atoms with E-state index in [2.05, 4.69) is 29.8 Å². The van der Waals surface area contributed by atoms with Crippen LogP contribution >= 0.6 is 15.9 Å². The van der Waals surface area contributed by atoms with E-state index >= 15 is 0 Å². The van der Waals surface area contributed by atoms with Crippen molar-refractivity contribution < 1.29 is 9.53 Å². The van der Waals surface area contributed by atoms with Crippen LogP contribution in [0.2, 0.25) is 0 Å². The number of ether oxygens (including phenoxy) is 1. The lowest BCUT2D eigenvalue weighted by atomic mass is 9.81. The van der Waals surface area contributed by atoms with Gasteiger partial charge in [-0.05, 0) is 58.7 Å². The second kappa shape index (κ2) is 4.71. The summed E-state index contributed by atoms with van der Waals surface area (Å²) in [6, 6.07) is 5.86. The van der Waals surface area contributed by atoms with Gasteiger partial charge < -0.3 is 4.74 Å². The first-order chi connectivity index (χ1) is 8.62. The number of Topliss-reactive ketones (excluding diaryl/α,β-unsaturated/α-hetero) is 1. The summed E-state index contributed by atoms with van der Waals surface area (Å²) in [7, 11) is 0. The smallest absolute Gasteiger partial charge is 0.169 e. The molecule has 0 amide bonds. The molecule has 1 heterocycles. The van der Waals surface area contributed by atoms with Crippen molar-refractivity contribution in [2.24, 2.45) is 5.92 Å². The zero-order valence-electron chi connectivity index (χ0n) is 12.2. The van der Waals surface area contributed by atoms with Gasteiger partial charge in [0.05, 0.1) is 17.1 Å². The van der Waals surface area contributed by atoms with E-state index < -0.39 is 5.60 Å². The number of halogens is 1. The van der Waals surface area contributed by atoms with Crippen molar-refractivity contribution >= 4 is 21.7 Å². The third-order valence-electron chi connectivity index (χ3n) is 3.86. The van der Waals surface area contributed by atoms with Crippen molar-refractivity contribution in [1.82, 2.24) is 0 Å². The highest BCUT2D eigenvalue weighted by molar-refractivity contribution is 9.10. The standard InChI is InChI=1S/C16H21BrO2/c1-10-6-7-11(17)8-12(10)14(18)13-9-15(2,3)19-16(13,4)5/h6-8,13H,9H2,1-5H3. The van der Waals surface area contributed by atoms with Gasteiger partial charge in [0, 0.05) is 10.0 Å². The van der Waals surface area contributed by atoms with Gasteiger partial charge in [-0.3, -0.25) is 4.79 Å². The fraction of sp³-hybridized carbons (Fsp3) is 0.562. The summed E-state index contributed by atoms with van der Waals surface area (Å²) in [5.74, 6) is 0.102. The van der Waals surface area contributed by atoms with E-state index in [9.17, 15) is 4.79 Å². The zero-order valence-corrected chi connectivity index (χ0v) is 13.8. The van der Waals surface area contributed by atoms with Crippen LogP contribution < -0.4 is 0 Å². The molecule has 1 aliphatic heterocycles. The molecular weight excluding hydrogens is 304 g/mol. The number of aryl methyl sites for hydroxylation is 1. The largest absolute Gasteiger partial charge is 0.369 e. The van der Waals surface area contributed by atoms with Crippen molar-refractivity contribution in [3.8, 4) is 0 Å². The Morgan fingerprint density at radius 3 is 2.47 bits per heavy atom. The molecule has 1 aromatic carbocycles. The molecule has 0 aliphatic carbocycles. The summed E-state index contributed by atoms with van der Waals surface area (Å²) in [6.45, 7) is 10.1. The average Bonchev–Trinajstić information content (AvgIpc) is 2.49. The molecule has 0 N–H and O–H groups in total. The van der Waals surface area contributed by atoms with Gasteiger partial charge >= 0.3 is 0 Å². The molecule has 0 aromatic heterocycles. The lowest BCUT2D eigenvalue weighted by molar-refractivity contribution is -0.0712. The van der Waals surface area contributed by atoms with E-state index in [0.717, 1.165) is 22.0 Å². The average molecular weight is 325 g/mol. The third kappa shape index (κ3) is 2.92. The van der Waals surface area contributed by atoms with E-state index in [1.807, 2.05) is 39.0 Å². The minimum absolute atomic E-state index is 0.0875. The van der Waals surface area contributed by atoms with E-state index in [1.54, 1.807) is 0 Å². The topological polar surface area (TPSA) is 26.3 Å². The Morgan fingerprint density at radius 1 is 1.32 bits per heavy atom. The Balaban J connectivity index is 2.37. The Kier molecular flexibility index (Phi) is 3.65. The van der Waals surface area contributed by atoms with Gasteiger partial charge in [0.2, 0.25) is 0 Å². The van der Waals surface area contributed by atoms with Crippen molar-refractivity contribution in [1.29, 1.82) is 0 Å². The number of benzene rings is 1. The number of rotatable bonds is 2. The van der Waals surface area contributed by atoms with Crippen LogP contribution in [0.5, 0.6) is 0 Å². The molecule has 2 nitrogen and oxygen atoms in total. The molecule has 1 aliphatic rings. The van der Waals surface area contributed by atoms with Crippen LogP contribution in [0.3, 0.4) is 0 Å². The van der Waals surface area contributed by atoms with Crippen LogP contribution in [0.15, 0.2) is 22.7 Å². The summed E-state index contributed by atoms with van der Waals surface area (Å²) >= 11 is 3.44. The summed E-state index contributed by atoms with van der Waals surface area (Å²) in [5.41, 5.74) is 1.18. The van der Waals surface area contributed by atoms with E-state index in [-0.39, 0.29) is 17.3 Å². The maximum Gasteiger partial charge on any atom is 0.169 e. The monoisotopic (exact) mass is 324 g/mol. The second-order valence-electron chi connectivity index (χ2n) is 6.55. The Hall–Kier alpha value is -0.670. The number of ketones is 1. The molecule has 2 rings (SSSR count). The highest BCUT2D eigenvalue weighted by Crippen LogP contribution is 2.43. The van der Waals surface area contributed by atoms with Gasteiger partial charge in [-0.15, -0.1) is 0 Å². The molecule has 0 spiro atoms. The molecular formula is C16H21BrO2. The molecule has 1 fully saturated rings. The normalized spacial score (nSPS) is 24.4. The van der Waals surface area contributed by atoms with Gasteiger partial charge in [-0.2, -0.15) is 0 Å². The van der Waals surface area contributed by atoms with Gasteiger partial charge in [0.1, 0.15) is 0 Å². The van der Waals surface area contributed by atoms with Crippen LogP contribution in [-0.4, -0.2) is 17.0 Å². The lowest BCUT2D eigenvalue weighted by Gasteiger charge is -2.27. The molecule has 1 unspecified atom stereocenters. The Labute approximate surface area is 123 Å². The van der Waals surface area contributed by atoms with Crippen molar-refractivity contribution in [2.75, 3.05) is 0 Å². The molecule has 1 saturated heterocycles. The molecule has 3 heteroatoms. The Morgan fingerprint density at radius 2 is 1.95 bits per heavy atom. The number of carbonyl (C=O) groups excluding carboxylic acids is 1. The van der Waals surface area contributed by atoms with Crippen molar-refractivity contribution in [2.45, 2.75) is 52.2 Å². The first-order valence-electron chi connectivity index (χ1n) is 6.63. The Bertz CT molecular complexity index is 517. The molecule has 0 radical (unpaired) electrons. The minimum Gasteiger partial charge on any atom is -0.369 e. The van der Waals surface area contributed by atoms with E-state index in [4.69, 9.17) is 4.74 Å². The van der Waals surface area contributed by atoms with Crippen molar-refractivity contribution in [3.05, 3.63) is 33.8 Å². The molecule has 104 valence electrons. The summed E-state index contributed by atoms with van der Waals surface area (Å²) in [6.07, 6.45) is 0.769. The van der Waals surface area contributed by atoms with E-state index in [1.165, 1.54) is 0 Å². The minimum atomic E-state index is -0.407. The molecule has 0 bridgehead atoms. The van der Waals surface area contributed by atoms with Crippen LogP contribution in [0, 0.1) is 12.8 Å². The first kappa shape index (κ1) is 14.7. The summed E-state index contributed by atoms with van der Waals surface area (Å²) in [4.78, 5) is 12.8. The number of hydrogen-bond acceptors (Lipinski definition) is 2. The maximum atomic E-state index is 12.8. The number of hydrogen-bond donors (Lipinski definition) is 0. The summed E-state index contributed by atoms with van der Waals surface area (Å²) < 4.78 is 6.97. The van der Waals surface area contributed by atoms with E-state index in [0.29, 0.717) is 0 Å². The predicted molar refractivity (Wildman–Crippen MR) is 80.6 cm³/mol. The summed E-state index contributed by atoms with van der Waals surface area (Å²) in [5, 5.41) is 0. The quantitative estimate of drug-likeness (QED) is 0.747. The zero-order chi connectivity index (χ0) is 14.4. The van der Waals surface area contributed by atoms with Crippen LogP contribution in [0.25, 0.3) is 0 Å². The van der Waals surface area contributed by atoms with Crippen molar-refractivity contribution in [3.63, 3.8) is 0 Å². The lowest BCUT2D eigenvalue weighted by Crippen LogP contribution is -2.34. The second-order valence-corrected chi connectivity index (χ2v) is 7.46. The molecule has 1 atom stereocenters. The maximum absolute atomic E-state index is 12.8. The third-order valence-corrected chi connectivity index (χ3v) is 4.35. The van der Waals surface area contributed by atoms with Crippen LogP contribution in [0.1, 0.15) is 50.0 Å². The van der Waals surface area contributed by atoms with Crippen LogP contribution in [-0.2, 0) is 4.74 Å².